The van der Waals surface area contributed by atoms with Crippen molar-refractivity contribution in [3.63, 3.8) is 0 Å². The number of piperazine rings is 1. The molecule has 0 bridgehead atoms. The van der Waals surface area contributed by atoms with Gasteiger partial charge >= 0.3 is 6.03 Å². The molecular weight excluding hydrogens is 319 g/mol. The van der Waals surface area contributed by atoms with E-state index in [1.165, 1.54) is 23.4 Å². The smallest absolute Gasteiger partial charge is 0.322 e. The average Bonchev–Trinajstić information content (AvgIpc) is 3.08. The van der Waals surface area contributed by atoms with Gasteiger partial charge in [-0.25, -0.2) is 9.78 Å². The van der Waals surface area contributed by atoms with E-state index in [2.05, 4.69) is 39.5 Å². The number of carbonyl (C=O) groups is 1. The number of fused-ring (bicyclic) bond motifs is 1. The van der Waals surface area contributed by atoms with E-state index in [4.69, 9.17) is 0 Å². The molecule has 4 rings (SSSR count). The summed E-state index contributed by atoms with van der Waals surface area (Å²) in [5.41, 5.74) is 3.01. The molecule has 2 heterocycles. The van der Waals surface area contributed by atoms with E-state index >= 15 is 0 Å². The van der Waals surface area contributed by atoms with E-state index in [0.29, 0.717) is 19.1 Å². The van der Waals surface area contributed by atoms with E-state index in [1.807, 2.05) is 0 Å². The van der Waals surface area contributed by atoms with Gasteiger partial charge in [0.15, 0.2) is 0 Å². The maximum Gasteiger partial charge on any atom is 0.322 e. The van der Waals surface area contributed by atoms with Crippen LogP contribution in [-0.2, 0) is 12.8 Å². The van der Waals surface area contributed by atoms with Gasteiger partial charge in [0, 0.05) is 38.4 Å². The number of nitrogens with one attached hydrogen (secondary N) is 1. The number of halogens is 1. The highest BCUT2D eigenvalue weighted by Gasteiger charge is 2.30. The fraction of sp³-hybridized carbons (Fsp3) is 0.368. The van der Waals surface area contributed by atoms with Gasteiger partial charge in [-0.3, -0.25) is 4.90 Å². The third-order valence-corrected chi connectivity index (χ3v) is 5.15. The van der Waals surface area contributed by atoms with Gasteiger partial charge in [-0.2, -0.15) is 4.39 Å². The van der Waals surface area contributed by atoms with Gasteiger partial charge in [0.25, 0.3) is 0 Å². The van der Waals surface area contributed by atoms with Gasteiger partial charge < -0.3 is 10.2 Å². The highest BCUT2D eigenvalue weighted by molar-refractivity contribution is 5.89. The van der Waals surface area contributed by atoms with Crippen LogP contribution in [0.3, 0.4) is 0 Å². The first kappa shape index (κ1) is 16.0. The molecule has 1 aromatic carbocycles. The molecule has 0 unspecified atom stereocenters. The normalized spacial score (nSPS) is 18.2. The summed E-state index contributed by atoms with van der Waals surface area (Å²) in [6, 6.07) is 12.0. The lowest BCUT2D eigenvalue weighted by Gasteiger charge is -2.38. The van der Waals surface area contributed by atoms with Crippen LogP contribution in [-0.4, -0.2) is 53.0 Å². The summed E-state index contributed by atoms with van der Waals surface area (Å²) in [5, 5.41) is 2.61. The Labute approximate surface area is 146 Å². The molecule has 0 spiro atoms. The zero-order chi connectivity index (χ0) is 17.2. The van der Waals surface area contributed by atoms with Crippen LogP contribution in [0.5, 0.6) is 0 Å². The van der Waals surface area contributed by atoms with Crippen LogP contribution >= 0.6 is 0 Å². The lowest BCUT2D eigenvalue weighted by molar-refractivity contribution is 0.116. The van der Waals surface area contributed by atoms with E-state index in [0.717, 1.165) is 25.9 Å². The first-order chi connectivity index (χ1) is 12.2. The fourth-order valence-corrected chi connectivity index (χ4v) is 3.76. The number of hydrogen-bond acceptors (Lipinski definition) is 3. The minimum absolute atomic E-state index is 0.126. The van der Waals surface area contributed by atoms with Crippen LogP contribution in [0.15, 0.2) is 42.6 Å². The molecule has 25 heavy (non-hydrogen) atoms. The molecule has 0 atom stereocenters. The lowest BCUT2D eigenvalue weighted by Crippen LogP contribution is -2.53. The largest absolute Gasteiger partial charge is 0.322 e. The van der Waals surface area contributed by atoms with Crippen molar-refractivity contribution in [2.24, 2.45) is 0 Å². The van der Waals surface area contributed by atoms with Crippen molar-refractivity contribution in [3.05, 3.63) is 59.7 Å². The van der Waals surface area contributed by atoms with Crippen LogP contribution in [0.4, 0.5) is 14.9 Å². The van der Waals surface area contributed by atoms with E-state index in [1.54, 1.807) is 11.0 Å². The Hall–Kier alpha value is -2.47. The third-order valence-electron chi connectivity index (χ3n) is 5.15. The molecule has 1 aliphatic heterocycles. The number of carbonyl (C=O) groups excluding carboxylic acids is 1. The molecule has 2 amide bonds. The predicted molar refractivity (Wildman–Crippen MR) is 94.0 cm³/mol. The SMILES string of the molecule is O=C(Nc1cccnc1F)N1CCN(C2Cc3ccccc3C2)CC1. The minimum Gasteiger partial charge on any atom is -0.322 e. The predicted octanol–water partition coefficient (Wildman–Crippen LogP) is 2.54. The number of nitrogens with zero attached hydrogens (tertiary/aromatic N) is 3. The molecule has 2 aliphatic rings. The summed E-state index contributed by atoms with van der Waals surface area (Å²) in [4.78, 5) is 20.1. The van der Waals surface area contributed by atoms with Crippen LogP contribution in [0.2, 0.25) is 0 Å². The lowest BCUT2D eigenvalue weighted by atomic mass is 10.1. The van der Waals surface area contributed by atoms with Crippen molar-refractivity contribution in [2.45, 2.75) is 18.9 Å². The standard InChI is InChI=1S/C19H21FN4O/c20-18-17(6-3-7-21-18)22-19(25)24-10-8-23(9-11-24)16-12-14-4-1-2-5-15(14)13-16/h1-7,16H,8-13H2,(H,22,25). The number of hydrogen-bond donors (Lipinski definition) is 1. The second-order valence-electron chi connectivity index (χ2n) is 6.63. The Balaban J connectivity index is 1.32. The van der Waals surface area contributed by atoms with Gasteiger partial charge in [0.2, 0.25) is 5.95 Å². The maximum absolute atomic E-state index is 13.6. The average molecular weight is 340 g/mol. The van der Waals surface area contributed by atoms with Crippen LogP contribution in [0, 0.1) is 5.95 Å². The molecular formula is C19H21FN4O. The number of anilines is 1. The highest BCUT2D eigenvalue weighted by atomic mass is 19.1. The Morgan fingerprint density at radius 1 is 1.04 bits per heavy atom. The Bertz CT molecular complexity index is 749. The molecule has 6 heteroatoms. The zero-order valence-corrected chi connectivity index (χ0v) is 14.0. The number of urea groups is 1. The number of aromatic nitrogens is 1. The molecule has 130 valence electrons. The summed E-state index contributed by atoms with van der Waals surface area (Å²) in [6.07, 6.45) is 3.54. The van der Waals surface area contributed by atoms with Crippen LogP contribution in [0.1, 0.15) is 11.1 Å². The summed E-state index contributed by atoms with van der Waals surface area (Å²) < 4.78 is 13.6. The summed E-state index contributed by atoms with van der Waals surface area (Å²) >= 11 is 0. The Kier molecular flexibility index (Phi) is 4.36. The molecule has 1 saturated heterocycles. The summed E-state index contributed by atoms with van der Waals surface area (Å²) in [6.45, 7) is 3.00. The molecule has 1 aliphatic carbocycles. The van der Waals surface area contributed by atoms with Crippen molar-refractivity contribution in [1.82, 2.24) is 14.8 Å². The van der Waals surface area contributed by atoms with E-state index < -0.39 is 5.95 Å². The van der Waals surface area contributed by atoms with Crippen molar-refractivity contribution in [2.75, 3.05) is 31.5 Å². The van der Waals surface area contributed by atoms with Crippen LogP contribution in [0.25, 0.3) is 0 Å². The third kappa shape index (κ3) is 3.35. The number of amides is 2. The number of rotatable bonds is 2. The summed E-state index contributed by atoms with van der Waals surface area (Å²) in [7, 11) is 0. The first-order valence-corrected chi connectivity index (χ1v) is 8.68. The van der Waals surface area contributed by atoms with E-state index in [-0.39, 0.29) is 11.7 Å². The molecule has 0 saturated carbocycles. The Morgan fingerprint density at radius 2 is 1.72 bits per heavy atom. The van der Waals surface area contributed by atoms with Gasteiger partial charge in [0.05, 0.1) is 5.69 Å². The second-order valence-corrected chi connectivity index (χ2v) is 6.63. The van der Waals surface area contributed by atoms with Gasteiger partial charge in [-0.05, 0) is 36.1 Å². The van der Waals surface area contributed by atoms with Gasteiger partial charge in [-0.1, -0.05) is 24.3 Å². The molecule has 0 radical (unpaired) electrons. The van der Waals surface area contributed by atoms with Crippen molar-refractivity contribution < 1.29 is 9.18 Å². The number of benzene rings is 1. The molecule has 1 fully saturated rings. The first-order valence-electron chi connectivity index (χ1n) is 8.68. The van der Waals surface area contributed by atoms with Gasteiger partial charge in [0.1, 0.15) is 0 Å². The van der Waals surface area contributed by atoms with Crippen molar-refractivity contribution in [3.8, 4) is 0 Å². The van der Waals surface area contributed by atoms with Gasteiger partial charge in [-0.15, -0.1) is 0 Å². The quantitative estimate of drug-likeness (QED) is 0.855. The highest BCUT2D eigenvalue weighted by Crippen LogP contribution is 2.26. The fourth-order valence-electron chi connectivity index (χ4n) is 3.76. The topological polar surface area (TPSA) is 48.5 Å². The maximum atomic E-state index is 13.6. The molecule has 1 aromatic heterocycles. The molecule has 2 aromatic rings. The molecule has 1 N–H and O–H groups in total. The Morgan fingerprint density at radius 3 is 2.36 bits per heavy atom. The summed E-state index contributed by atoms with van der Waals surface area (Å²) in [5.74, 6) is -0.654. The molecule has 5 nitrogen and oxygen atoms in total. The van der Waals surface area contributed by atoms with Crippen molar-refractivity contribution in [1.29, 1.82) is 0 Å². The minimum atomic E-state index is -0.654. The monoisotopic (exact) mass is 340 g/mol. The van der Waals surface area contributed by atoms with Crippen molar-refractivity contribution >= 4 is 11.7 Å². The van der Waals surface area contributed by atoms with Crippen LogP contribution < -0.4 is 5.32 Å². The zero-order valence-electron chi connectivity index (χ0n) is 14.0. The number of pyridine rings is 1. The second kappa shape index (κ2) is 6.80. The van der Waals surface area contributed by atoms with E-state index in [9.17, 15) is 9.18 Å².